The minimum atomic E-state index is -0.397. The number of halogens is 1. The van der Waals surface area contributed by atoms with E-state index in [1.54, 1.807) is 19.9 Å². The van der Waals surface area contributed by atoms with Gasteiger partial charge in [0.1, 0.15) is 10.4 Å². The third-order valence-electron chi connectivity index (χ3n) is 2.34. The van der Waals surface area contributed by atoms with Crippen LogP contribution in [0.3, 0.4) is 0 Å². The van der Waals surface area contributed by atoms with E-state index in [1.807, 2.05) is 5.38 Å². The molecule has 0 aliphatic rings. The maximum atomic E-state index is 10.8. The molecule has 0 unspecified atom stereocenters. The molecule has 2 aromatic rings. The number of nitrogens with zero attached hydrogens (tertiary/aromatic N) is 2. The first kappa shape index (κ1) is 13.0. The second kappa shape index (κ2) is 5.03. The quantitative estimate of drug-likeness (QED) is 0.624. The van der Waals surface area contributed by atoms with Crippen LogP contribution in [0.1, 0.15) is 11.1 Å². The number of nitro benzene ring substituents is 1. The lowest BCUT2D eigenvalue weighted by molar-refractivity contribution is -0.385. The normalized spacial score (nSPS) is 10.4. The zero-order valence-corrected chi connectivity index (χ0v) is 12.0. The fraction of sp³-hybridized carbons (Fsp3) is 0.182. The van der Waals surface area contributed by atoms with Crippen molar-refractivity contribution in [2.24, 2.45) is 0 Å². The fourth-order valence-electron chi connectivity index (χ4n) is 1.46. The minimum absolute atomic E-state index is 0.0974. The summed E-state index contributed by atoms with van der Waals surface area (Å²) in [5.41, 5.74) is 1.37. The van der Waals surface area contributed by atoms with Gasteiger partial charge in [-0.05, 0) is 41.4 Å². The number of ether oxygens (including phenoxy) is 1. The van der Waals surface area contributed by atoms with Gasteiger partial charge < -0.3 is 4.74 Å². The molecule has 0 bridgehead atoms. The summed E-state index contributed by atoms with van der Waals surface area (Å²) in [6.45, 7) is 3.45. The number of benzene rings is 1. The first-order valence-corrected chi connectivity index (χ1v) is 6.69. The zero-order valence-electron chi connectivity index (χ0n) is 9.64. The molecule has 2 rings (SSSR count). The molecule has 0 N–H and O–H groups in total. The van der Waals surface area contributed by atoms with E-state index in [0.29, 0.717) is 26.7 Å². The van der Waals surface area contributed by atoms with Crippen LogP contribution in [0.4, 0.5) is 5.69 Å². The van der Waals surface area contributed by atoms with Crippen LogP contribution in [0.2, 0.25) is 0 Å². The Balaban J connectivity index is 2.35. The van der Waals surface area contributed by atoms with Gasteiger partial charge in [-0.3, -0.25) is 10.1 Å². The Morgan fingerprint density at radius 2 is 2.11 bits per heavy atom. The van der Waals surface area contributed by atoms with Gasteiger partial charge in [0.25, 0.3) is 10.9 Å². The molecule has 0 aliphatic heterocycles. The first-order chi connectivity index (χ1) is 8.47. The minimum Gasteiger partial charge on any atom is -0.431 e. The molecule has 0 aliphatic carbocycles. The molecule has 0 saturated carbocycles. The molecule has 0 fully saturated rings. The van der Waals surface area contributed by atoms with Crippen molar-refractivity contribution in [3.05, 3.63) is 43.4 Å². The van der Waals surface area contributed by atoms with E-state index in [1.165, 1.54) is 17.4 Å². The number of aromatic nitrogens is 1. The van der Waals surface area contributed by atoms with Gasteiger partial charge >= 0.3 is 0 Å². The summed E-state index contributed by atoms with van der Waals surface area (Å²) in [6.07, 6.45) is 0. The van der Waals surface area contributed by atoms with E-state index in [2.05, 4.69) is 20.9 Å². The summed E-state index contributed by atoms with van der Waals surface area (Å²) >= 11 is 4.59. The third kappa shape index (κ3) is 2.68. The highest BCUT2D eigenvalue weighted by atomic mass is 79.9. The van der Waals surface area contributed by atoms with Crippen molar-refractivity contribution in [3.63, 3.8) is 0 Å². The van der Waals surface area contributed by atoms with Gasteiger partial charge in [-0.2, -0.15) is 4.98 Å². The Kier molecular flexibility index (Phi) is 3.63. The molecule has 5 nitrogen and oxygen atoms in total. The van der Waals surface area contributed by atoms with Crippen molar-refractivity contribution in [1.29, 1.82) is 0 Å². The smallest absolute Gasteiger partial charge is 0.279 e. The van der Waals surface area contributed by atoms with E-state index in [9.17, 15) is 10.1 Å². The van der Waals surface area contributed by atoms with Gasteiger partial charge in [-0.15, -0.1) is 0 Å². The Bertz CT molecular complexity index is 612. The van der Waals surface area contributed by atoms with Crippen molar-refractivity contribution in [3.8, 4) is 10.9 Å². The predicted molar refractivity (Wildman–Crippen MR) is 72.5 cm³/mol. The average molecular weight is 329 g/mol. The lowest BCUT2D eigenvalue weighted by Crippen LogP contribution is -1.95. The van der Waals surface area contributed by atoms with Gasteiger partial charge in [-0.25, -0.2) is 0 Å². The molecule has 1 aromatic carbocycles. The SMILES string of the molecule is Cc1cc([N+](=O)[O-])c(C)cc1Oc1nc(Br)cs1. The Hall–Kier alpha value is -1.47. The summed E-state index contributed by atoms with van der Waals surface area (Å²) in [5.74, 6) is 0.583. The molecule has 0 amide bonds. The lowest BCUT2D eigenvalue weighted by atomic mass is 10.1. The van der Waals surface area contributed by atoms with E-state index < -0.39 is 4.92 Å². The van der Waals surface area contributed by atoms with Crippen LogP contribution in [-0.2, 0) is 0 Å². The highest BCUT2D eigenvalue weighted by Crippen LogP contribution is 2.33. The van der Waals surface area contributed by atoms with Crippen molar-refractivity contribution in [2.45, 2.75) is 13.8 Å². The molecule has 1 aromatic heterocycles. The Morgan fingerprint density at radius 3 is 2.67 bits per heavy atom. The fourth-order valence-corrected chi connectivity index (χ4v) is 2.56. The molecule has 0 atom stereocenters. The van der Waals surface area contributed by atoms with Crippen LogP contribution in [-0.4, -0.2) is 9.91 Å². The maximum Gasteiger partial charge on any atom is 0.279 e. The van der Waals surface area contributed by atoms with Crippen LogP contribution in [0.15, 0.2) is 22.1 Å². The number of nitro groups is 1. The molecule has 0 spiro atoms. The lowest BCUT2D eigenvalue weighted by Gasteiger charge is -2.07. The van der Waals surface area contributed by atoms with Gasteiger partial charge in [0, 0.05) is 17.0 Å². The van der Waals surface area contributed by atoms with E-state index in [-0.39, 0.29) is 5.69 Å². The van der Waals surface area contributed by atoms with E-state index in [0.717, 1.165) is 0 Å². The van der Waals surface area contributed by atoms with Crippen molar-refractivity contribution < 1.29 is 9.66 Å². The van der Waals surface area contributed by atoms with Gasteiger partial charge in [0.15, 0.2) is 0 Å². The predicted octanol–water partition coefficient (Wildman–Crippen LogP) is 4.22. The van der Waals surface area contributed by atoms with Gasteiger partial charge in [0.2, 0.25) is 0 Å². The molecular weight excluding hydrogens is 320 g/mol. The summed E-state index contributed by atoms with van der Waals surface area (Å²) < 4.78 is 6.31. The van der Waals surface area contributed by atoms with E-state index >= 15 is 0 Å². The number of hydrogen-bond acceptors (Lipinski definition) is 5. The third-order valence-corrected chi connectivity index (χ3v) is 3.77. The summed E-state index contributed by atoms with van der Waals surface area (Å²) in [4.78, 5) is 14.5. The second-order valence-corrected chi connectivity index (χ2v) is 5.33. The van der Waals surface area contributed by atoms with Gasteiger partial charge in [-0.1, -0.05) is 11.3 Å². The second-order valence-electron chi connectivity index (χ2n) is 3.70. The van der Waals surface area contributed by atoms with Gasteiger partial charge in [0.05, 0.1) is 4.92 Å². The first-order valence-electron chi connectivity index (χ1n) is 5.02. The number of hydrogen-bond donors (Lipinski definition) is 0. The van der Waals surface area contributed by atoms with Crippen LogP contribution < -0.4 is 4.74 Å². The van der Waals surface area contributed by atoms with Crippen molar-refractivity contribution in [2.75, 3.05) is 0 Å². The average Bonchev–Trinajstić information content (AvgIpc) is 2.68. The molecule has 0 radical (unpaired) electrons. The molecule has 1 heterocycles. The summed E-state index contributed by atoms with van der Waals surface area (Å²) in [5, 5.41) is 13.1. The molecule has 0 saturated heterocycles. The Labute approximate surface area is 116 Å². The van der Waals surface area contributed by atoms with Crippen LogP contribution in [0.5, 0.6) is 10.9 Å². The zero-order chi connectivity index (χ0) is 13.3. The van der Waals surface area contributed by atoms with E-state index in [4.69, 9.17) is 4.74 Å². The number of thiazole rings is 1. The van der Waals surface area contributed by atoms with Crippen LogP contribution in [0, 0.1) is 24.0 Å². The molecule has 94 valence electrons. The van der Waals surface area contributed by atoms with Crippen molar-refractivity contribution >= 4 is 33.0 Å². The van der Waals surface area contributed by atoms with Crippen LogP contribution >= 0.6 is 27.3 Å². The number of aryl methyl sites for hydroxylation is 2. The van der Waals surface area contributed by atoms with Crippen LogP contribution in [0.25, 0.3) is 0 Å². The number of rotatable bonds is 3. The summed E-state index contributed by atoms with van der Waals surface area (Å²) in [7, 11) is 0. The largest absolute Gasteiger partial charge is 0.431 e. The molecule has 18 heavy (non-hydrogen) atoms. The summed E-state index contributed by atoms with van der Waals surface area (Å²) in [6, 6.07) is 3.16. The monoisotopic (exact) mass is 328 g/mol. The molecule has 7 heteroatoms. The topological polar surface area (TPSA) is 65.3 Å². The highest BCUT2D eigenvalue weighted by Gasteiger charge is 2.15. The standard InChI is InChI=1S/C11H9BrN2O3S/c1-6-4-9(7(2)3-8(6)14(15)16)17-11-13-10(12)5-18-11/h3-5H,1-2H3. The van der Waals surface area contributed by atoms with Crippen molar-refractivity contribution in [1.82, 2.24) is 4.98 Å². The Morgan fingerprint density at radius 1 is 1.39 bits per heavy atom. The molecular formula is C11H9BrN2O3S. The maximum absolute atomic E-state index is 10.8. The highest BCUT2D eigenvalue weighted by molar-refractivity contribution is 9.10.